The topological polar surface area (TPSA) is 27.1 Å². The summed E-state index contributed by atoms with van der Waals surface area (Å²) in [6.07, 6.45) is 5.03. The van der Waals surface area contributed by atoms with Gasteiger partial charge in [-0.05, 0) is 29.8 Å². The Labute approximate surface area is 194 Å². The minimum atomic E-state index is -0.286. The molecule has 0 unspecified atom stereocenters. The van der Waals surface area contributed by atoms with Crippen LogP contribution in [0.2, 0.25) is 20.1 Å². The molecule has 0 saturated carbocycles. The Morgan fingerprint density at radius 3 is 2.27 bits per heavy atom. The van der Waals surface area contributed by atoms with Gasteiger partial charge in [0.2, 0.25) is 0 Å². The summed E-state index contributed by atoms with van der Waals surface area (Å²) in [7, 11) is 0. The third-order valence-corrected chi connectivity index (χ3v) is 4.85. The number of benzene rings is 2. The number of rotatable bonds is 6. The molecular weight excluding hydrogens is 425 g/mol. The molecule has 8 heteroatoms. The third kappa shape index (κ3) is 5.88. The summed E-state index contributed by atoms with van der Waals surface area (Å²) < 4.78 is 8.05. The molecule has 0 aliphatic rings. The SMILES string of the molecule is Clc1ccc(CO[C@@H](Cn2ccnc2)c2ccc(Cl)cc2Cl)c(Cl)c1.[NaH]. The molecule has 1 heterocycles. The molecule has 1 atom stereocenters. The van der Waals surface area contributed by atoms with Crippen molar-refractivity contribution in [3.63, 3.8) is 0 Å². The van der Waals surface area contributed by atoms with Crippen molar-refractivity contribution < 1.29 is 4.74 Å². The van der Waals surface area contributed by atoms with Crippen molar-refractivity contribution >= 4 is 76.0 Å². The molecule has 2 aromatic carbocycles. The number of hydrogen-bond donors (Lipinski definition) is 0. The van der Waals surface area contributed by atoms with Gasteiger partial charge in [0.15, 0.2) is 0 Å². The average molecular weight is 440 g/mol. The van der Waals surface area contributed by atoms with E-state index in [1.807, 2.05) is 22.9 Å². The fraction of sp³-hybridized carbons (Fsp3) is 0.167. The molecule has 0 radical (unpaired) electrons. The van der Waals surface area contributed by atoms with E-state index < -0.39 is 0 Å². The van der Waals surface area contributed by atoms with Gasteiger partial charge in [0.1, 0.15) is 6.10 Å². The van der Waals surface area contributed by atoms with Crippen LogP contribution in [0.25, 0.3) is 0 Å². The van der Waals surface area contributed by atoms with Crippen molar-refractivity contribution in [3.8, 4) is 0 Å². The Bertz CT molecular complexity index is 858. The Balaban J connectivity index is 0.00000243. The van der Waals surface area contributed by atoms with Crippen molar-refractivity contribution in [3.05, 3.63) is 86.3 Å². The van der Waals surface area contributed by atoms with Crippen molar-refractivity contribution in [2.75, 3.05) is 0 Å². The molecule has 0 saturated heterocycles. The van der Waals surface area contributed by atoms with Crippen molar-refractivity contribution in [2.45, 2.75) is 19.3 Å². The quantitative estimate of drug-likeness (QED) is 0.453. The summed E-state index contributed by atoms with van der Waals surface area (Å²) in [4.78, 5) is 4.07. The van der Waals surface area contributed by atoms with Gasteiger partial charge < -0.3 is 9.30 Å². The minimum absolute atomic E-state index is 0. The first kappa shape index (κ1) is 22.1. The van der Waals surface area contributed by atoms with E-state index in [0.717, 1.165) is 11.1 Å². The molecule has 0 amide bonds. The predicted molar refractivity (Wildman–Crippen MR) is 110 cm³/mol. The first-order valence-corrected chi connectivity index (χ1v) is 9.00. The first-order valence-electron chi connectivity index (χ1n) is 7.49. The Kier molecular flexibility index (Phi) is 8.78. The Morgan fingerprint density at radius 1 is 0.962 bits per heavy atom. The number of aromatic nitrogens is 2. The molecule has 0 N–H and O–H groups in total. The van der Waals surface area contributed by atoms with Gasteiger partial charge in [0.25, 0.3) is 0 Å². The first-order chi connectivity index (χ1) is 12.0. The standard InChI is InChI=1S/C18H14Cl4N2O.Na.H/c19-13-2-1-12(16(21)7-13)10-25-18(9-24-6-5-23-11-24)15-4-3-14(20)8-17(15)22;;/h1-8,11,18H,9-10H2;;/t18-;;/m0../s1. The molecule has 26 heavy (non-hydrogen) atoms. The van der Waals surface area contributed by atoms with E-state index in [2.05, 4.69) is 4.98 Å². The van der Waals surface area contributed by atoms with E-state index >= 15 is 0 Å². The van der Waals surface area contributed by atoms with Crippen LogP contribution < -0.4 is 0 Å². The van der Waals surface area contributed by atoms with Gasteiger partial charge in [-0.2, -0.15) is 0 Å². The van der Waals surface area contributed by atoms with Gasteiger partial charge >= 0.3 is 29.6 Å². The van der Waals surface area contributed by atoms with Crippen molar-refractivity contribution in [1.82, 2.24) is 9.55 Å². The summed E-state index contributed by atoms with van der Waals surface area (Å²) in [5, 5.41) is 2.29. The maximum atomic E-state index is 6.37. The van der Waals surface area contributed by atoms with Crippen molar-refractivity contribution in [1.29, 1.82) is 0 Å². The summed E-state index contributed by atoms with van der Waals surface area (Å²) in [6.45, 7) is 0.890. The molecular formula is C18H15Cl4N2NaO. The van der Waals surface area contributed by atoms with Crippen LogP contribution in [0.4, 0.5) is 0 Å². The van der Waals surface area contributed by atoms with Gasteiger partial charge in [-0.1, -0.05) is 58.5 Å². The van der Waals surface area contributed by atoms with E-state index in [4.69, 9.17) is 51.1 Å². The molecule has 0 aliphatic heterocycles. The van der Waals surface area contributed by atoms with Crippen LogP contribution in [0.3, 0.4) is 0 Å². The van der Waals surface area contributed by atoms with Gasteiger partial charge in [-0.3, -0.25) is 0 Å². The Hall–Kier alpha value is -0.230. The van der Waals surface area contributed by atoms with Crippen LogP contribution in [0.5, 0.6) is 0 Å². The average Bonchev–Trinajstić information content (AvgIpc) is 3.06. The van der Waals surface area contributed by atoms with Crippen LogP contribution in [-0.4, -0.2) is 39.1 Å². The number of imidazole rings is 1. The van der Waals surface area contributed by atoms with E-state index in [1.54, 1.807) is 36.8 Å². The third-order valence-electron chi connectivity index (χ3n) is 3.70. The molecule has 0 bridgehead atoms. The zero-order valence-electron chi connectivity index (χ0n) is 13.0. The molecule has 132 valence electrons. The van der Waals surface area contributed by atoms with Crippen LogP contribution in [-0.2, 0) is 17.9 Å². The zero-order valence-corrected chi connectivity index (χ0v) is 16.0. The Morgan fingerprint density at radius 2 is 1.65 bits per heavy atom. The summed E-state index contributed by atoms with van der Waals surface area (Å²) >= 11 is 24.5. The maximum absolute atomic E-state index is 6.37. The van der Waals surface area contributed by atoms with Crippen molar-refractivity contribution in [2.24, 2.45) is 0 Å². The number of halogens is 4. The second kappa shape index (κ2) is 10.4. The monoisotopic (exact) mass is 438 g/mol. The number of hydrogen-bond acceptors (Lipinski definition) is 2. The molecule has 3 nitrogen and oxygen atoms in total. The second-order valence-corrected chi connectivity index (χ2v) is 7.15. The van der Waals surface area contributed by atoms with Gasteiger partial charge in [-0.25, -0.2) is 4.98 Å². The fourth-order valence-corrected chi connectivity index (χ4v) is 3.41. The summed E-state index contributed by atoms with van der Waals surface area (Å²) in [5.41, 5.74) is 1.71. The normalized spacial score (nSPS) is 11.8. The van der Waals surface area contributed by atoms with Gasteiger partial charge in [-0.15, -0.1) is 0 Å². The van der Waals surface area contributed by atoms with E-state index in [0.29, 0.717) is 33.2 Å². The second-order valence-electron chi connectivity index (χ2n) is 5.46. The molecule has 0 aliphatic carbocycles. The molecule has 0 fully saturated rings. The van der Waals surface area contributed by atoms with E-state index in [9.17, 15) is 0 Å². The molecule has 3 aromatic rings. The number of ether oxygens (including phenoxy) is 1. The molecule has 1 aromatic heterocycles. The van der Waals surface area contributed by atoms with Crippen LogP contribution in [0, 0.1) is 0 Å². The fourth-order valence-electron chi connectivity index (χ4n) is 2.42. The number of nitrogens with zero attached hydrogens (tertiary/aromatic N) is 2. The molecule has 3 rings (SSSR count). The van der Waals surface area contributed by atoms with Gasteiger partial charge in [0.05, 0.1) is 19.5 Å². The predicted octanol–water partition coefficient (Wildman–Crippen LogP) is 5.81. The zero-order chi connectivity index (χ0) is 17.8. The van der Waals surface area contributed by atoms with E-state index in [-0.39, 0.29) is 35.7 Å². The molecule has 0 spiro atoms. The van der Waals surface area contributed by atoms with Crippen LogP contribution in [0.15, 0.2) is 55.1 Å². The summed E-state index contributed by atoms with van der Waals surface area (Å²) in [5.74, 6) is 0. The van der Waals surface area contributed by atoms with E-state index in [1.165, 1.54) is 0 Å². The summed E-state index contributed by atoms with van der Waals surface area (Å²) in [6, 6.07) is 10.7. The van der Waals surface area contributed by atoms with Crippen LogP contribution >= 0.6 is 46.4 Å². The van der Waals surface area contributed by atoms with Gasteiger partial charge in [0, 0.05) is 38.0 Å². The van der Waals surface area contributed by atoms with Crippen LogP contribution in [0.1, 0.15) is 17.2 Å².